The SMILES string of the molecule is CC(C)(C)OC(=O)NCC1C2NCCOC12. The lowest BCUT2D eigenvalue weighted by Gasteiger charge is -2.19. The number of hydrogen-bond acceptors (Lipinski definition) is 4. The molecule has 1 heterocycles. The number of rotatable bonds is 2. The fraction of sp³-hybridized carbons (Fsp3) is 0.909. The van der Waals surface area contributed by atoms with Gasteiger partial charge in [-0.2, -0.15) is 0 Å². The Bertz CT molecular complexity index is 263. The molecule has 2 N–H and O–H groups in total. The van der Waals surface area contributed by atoms with Gasteiger partial charge in [0.25, 0.3) is 0 Å². The second-order valence-corrected chi connectivity index (χ2v) is 5.36. The van der Waals surface area contributed by atoms with Crippen molar-refractivity contribution in [2.75, 3.05) is 19.7 Å². The summed E-state index contributed by atoms with van der Waals surface area (Å²) in [4.78, 5) is 11.4. The standard InChI is InChI=1S/C11H20N2O3/c1-11(2,3)16-10(14)13-6-7-8-9(7)15-5-4-12-8/h7-9,12H,4-6H2,1-3H3,(H,13,14). The van der Waals surface area contributed by atoms with E-state index < -0.39 is 5.60 Å². The predicted molar refractivity (Wildman–Crippen MR) is 59.3 cm³/mol. The first-order chi connectivity index (χ1) is 7.47. The van der Waals surface area contributed by atoms with E-state index in [0.29, 0.717) is 18.5 Å². The average molecular weight is 228 g/mol. The van der Waals surface area contributed by atoms with Crippen LogP contribution in [0.2, 0.25) is 0 Å². The van der Waals surface area contributed by atoms with E-state index >= 15 is 0 Å². The van der Waals surface area contributed by atoms with Gasteiger partial charge < -0.3 is 20.1 Å². The topological polar surface area (TPSA) is 59.6 Å². The third kappa shape index (κ3) is 2.86. The number of amides is 1. The Kier molecular flexibility index (Phi) is 3.08. The van der Waals surface area contributed by atoms with Gasteiger partial charge in [0.15, 0.2) is 0 Å². The van der Waals surface area contributed by atoms with Crippen LogP contribution in [-0.4, -0.2) is 43.5 Å². The number of morpholine rings is 1. The van der Waals surface area contributed by atoms with Gasteiger partial charge in [-0.05, 0) is 20.8 Å². The molecule has 16 heavy (non-hydrogen) atoms. The van der Waals surface area contributed by atoms with E-state index in [1.807, 2.05) is 20.8 Å². The maximum absolute atomic E-state index is 11.4. The van der Waals surface area contributed by atoms with Crippen LogP contribution in [0.15, 0.2) is 0 Å². The van der Waals surface area contributed by atoms with Crippen LogP contribution in [0.4, 0.5) is 4.79 Å². The van der Waals surface area contributed by atoms with Gasteiger partial charge in [0, 0.05) is 25.0 Å². The van der Waals surface area contributed by atoms with Gasteiger partial charge in [-0.25, -0.2) is 4.79 Å². The van der Waals surface area contributed by atoms with Crippen molar-refractivity contribution in [2.24, 2.45) is 5.92 Å². The molecule has 5 heteroatoms. The summed E-state index contributed by atoms with van der Waals surface area (Å²) in [6.07, 6.45) is -0.0696. The molecule has 0 aromatic heterocycles. The highest BCUT2D eigenvalue weighted by atomic mass is 16.6. The second-order valence-electron chi connectivity index (χ2n) is 5.36. The van der Waals surface area contributed by atoms with Crippen molar-refractivity contribution in [3.05, 3.63) is 0 Å². The molecule has 5 nitrogen and oxygen atoms in total. The quantitative estimate of drug-likeness (QED) is 0.722. The van der Waals surface area contributed by atoms with E-state index in [2.05, 4.69) is 10.6 Å². The molecule has 0 aromatic carbocycles. The molecule has 92 valence electrons. The first-order valence-corrected chi connectivity index (χ1v) is 5.79. The number of hydrogen-bond donors (Lipinski definition) is 2. The summed E-state index contributed by atoms with van der Waals surface area (Å²) in [6.45, 7) is 7.86. The molecule has 0 spiro atoms. The maximum atomic E-state index is 11.4. The van der Waals surface area contributed by atoms with Crippen LogP contribution < -0.4 is 10.6 Å². The molecule has 1 aliphatic carbocycles. The third-order valence-corrected chi connectivity index (χ3v) is 2.77. The first kappa shape index (κ1) is 11.7. The van der Waals surface area contributed by atoms with E-state index in [-0.39, 0.29) is 12.2 Å². The molecular formula is C11H20N2O3. The molecule has 1 aliphatic heterocycles. The fourth-order valence-electron chi connectivity index (χ4n) is 2.02. The molecule has 2 fully saturated rings. The number of nitrogens with one attached hydrogen (secondary N) is 2. The number of carbonyl (C=O) groups excluding carboxylic acids is 1. The van der Waals surface area contributed by atoms with Gasteiger partial charge in [0.2, 0.25) is 0 Å². The third-order valence-electron chi connectivity index (χ3n) is 2.77. The molecule has 1 saturated heterocycles. The van der Waals surface area contributed by atoms with Gasteiger partial charge in [-0.1, -0.05) is 0 Å². The van der Waals surface area contributed by atoms with Crippen LogP contribution in [0, 0.1) is 5.92 Å². The minimum absolute atomic E-state index is 0.281. The average Bonchev–Trinajstić information content (AvgIpc) is 2.85. The van der Waals surface area contributed by atoms with E-state index in [9.17, 15) is 4.79 Å². The van der Waals surface area contributed by atoms with Crippen molar-refractivity contribution in [1.82, 2.24) is 10.6 Å². The molecule has 2 rings (SSSR count). The van der Waals surface area contributed by atoms with Crippen molar-refractivity contribution in [3.63, 3.8) is 0 Å². The van der Waals surface area contributed by atoms with E-state index in [4.69, 9.17) is 9.47 Å². The Morgan fingerprint density at radius 2 is 2.31 bits per heavy atom. The Labute approximate surface area is 95.9 Å². The number of fused-ring (bicyclic) bond motifs is 1. The molecule has 1 saturated carbocycles. The van der Waals surface area contributed by atoms with Crippen molar-refractivity contribution < 1.29 is 14.3 Å². The highest BCUT2D eigenvalue weighted by molar-refractivity contribution is 5.67. The van der Waals surface area contributed by atoms with Gasteiger partial charge in [-0.3, -0.25) is 0 Å². The summed E-state index contributed by atoms with van der Waals surface area (Å²) in [6, 6.07) is 0.420. The van der Waals surface area contributed by atoms with E-state index in [1.165, 1.54) is 0 Å². The van der Waals surface area contributed by atoms with Gasteiger partial charge in [-0.15, -0.1) is 0 Å². The van der Waals surface area contributed by atoms with Crippen LogP contribution in [0.5, 0.6) is 0 Å². The normalized spacial score (nSPS) is 32.8. The molecule has 2 aliphatic rings. The van der Waals surface area contributed by atoms with Gasteiger partial charge >= 0.3 is 6.09 Å². The summed E-state index contributed by atoms with van der Waals surface area (Å²) in [5.41, 5.74) is -0.435. The second kappa shape index (κ2) is 4.22. The molecule has 0 bridgehead atoms. The van der Waals surface area contributed by atoms with E-state index in [0.717, 1.165) is 13.2 Å². The zero-order valence-corrected chi connectivity index (χ0v) is 10.1. The summed E-state index contributed by atoms with van der Waals surface area (Å²) in [5.74, 6) is 0.398. The van der Waals surface area contributed by atoms with Crippen LogP contribution >= 0.6 is 0 Å². The Balaban J connectivity index is 1.67. The zero-order valence-electron chi connectivity index (χ0n) is 10.1. The van der Waals surface area contributed by atoms with Crippen molar-refractivity contribution in [2.45, 2.75) is 38.5 Å². The molecule has 0 radical (unpaired) electrons. The first-order valence-electron chi connectivity index (χ1n) is 5.79. The van der Waals surface area contributed by atoms with Crippen LogP contribution in [0.3, 0.4) is 0 Å². The number of ether oxygens (including phenoxy) is 2. The smallest absolute Gasteiger partial charge is 0.407 e. The largest absolute Gasteiger partial charge is 0.444 e. The highest BCUT2D eigenvalue weighted by Crippen LogP contribution is 2.35. The summed E-state index contributed by atoms with van der Waals surface area (Å²) in [7, 11) is 0. The van der Waals surface area contributed by atoms with E-state index in [1.54, 1.807) is 0 Å². The van der Waals surface area contributed by atoms with Crippen LogP contribution in [-0.2, 0) is 9.47 Å². The number of alkyl carbamates (subject to hydrolysis) is 1. The van der Waals surface area contributed by atoms with Gasteiger partial charge in [0.1, 0.15) is 5.60 Å². The lowest BCUT2D eigenvalue weighted by atomic mass is 10.2. The van der Waals surface area contributed by atoms with Crippen molar-refractivity contribution in [3.8, 4) is 0 Å². The highest BCUT2D eigenvalue weighted by Gasteiger charge is 2.52. The summed E-state index contributed by atoms with van der Waals surface area (Å²) < 4.78 is 10.7. The predicted octanol–water partition coefficient (Wildman–Crippen LogP) is 0.498. The van der Waals surface area contributed by atoms with Crippen molar-refractivity contribution in [1.29, 1.82) is 0 Å². The zero-order chi connectivity index (χ0) is 11.8. The number of carbonyl (C=O) groups is 1. The minimum atomic E-state index is -0.435. The fourth-order valence-corrected chi connectivity index (χ4v) is 2.02. The molecule has 3 atom stereocenters. The summed E-state index contributed by atoms with van der Waals surface area (Å²) >= 11 is 0. The Morgan fingerprint density at radius 3 is 2.88 bits per heavy atom. The Morgan fingerprint density at radius 1 is 1.56 bits per heavy atom. The van der Waals surface area contributed by atoms with Crippen molar-refractivity contribution >= 4 is 6.09 Å². The summed E-state index contributed by atoms with van der Waals surface area (Å²) in [5, 5.41) is 6.14. The molecular weight excluding hydrogens is 208 g/mol. The van der Waals surface area contributed by atoms with Crippen LogP contribution in [0.25, 0.3) is 0 Å². The molecule has 1 amide bonds. The Hall–Kier alpha value is -0.810. The minimum Gasteiger partial charge on any atom is -0.444 e. The molecule has 3 unspecified atom stereocenters. The lowest BCUT2D eigenvalue weighted by molar-refractivity contribution is 0.0517. The maximum Gasteiger partial charge on any atom is 0.407 e. The monoisotopic (exact) mass is 228 g/mol. The van der Waals surface area contributed by atoms with Crippen LogP contribution in [0.1, 0.15) is 20.8 Å². The van der Waals surface area contributed by atoms with Gasteiger partial charge in [0.05, 0.1) is 12.7 Å². The lowest BCUT2D eigenvalue weighted by Crippen LogP contribution is -2.34. The molecule has 0 aromatic rings.